The van der Waals surface area contributed by atoms with E-state index in [9.17, 15) is 4.79 Å². The van der Waals surface area contributed by atoms with Gasteiger partial charge in [0.2, 0.25) is 5.91 Å². The first kappa shape index (κ1) is 22.0. The molecule has 1 N–H and O–H groups in total. The number of amides is 1. The lowest BCUT2D eigenvalue weighted by Crippen LogP contribution is -2.34. The molecule has 1 atom stereocenters. The Labute approximate surface area is 185 Å². The summed E-state index contributed by atoms with van der Waals surface area (Å²) in [4.78, 5) is 15.3. The van der Waals surface area contributed by atoms with Gasteiger partial charge in [-0.25, -0.2) is 0 Å². The van der Waals surface area contributed by atoms with Crippen molar-refractivity contribution in [3.63, 3.8) is 0 Å². The van der Waals surface area contributed by atoms with Gasteiger partial charge in [-0.2, -0.15) is 5.10 Å². The van der Waals surface area contributed by atoms with Crippen LogP contribution in [0.4, 0.5) is 5.69 Å². The van der Waals surface area contributed by atoms with Crippen LogP contribution < -0.4 is 5.32 Å². The van der Waals surface area contributed by atoms with Crippen molar-refractivity contribution in [3.05, 3.63) is 74.6 Å². The second-order valence-corrected chi connectivity index (χ2v) is 8.32. The van der Waals surface area contributed by atoms with Crippen molar-refractivity contribution >= 4 is 40.5 Å². The Hall–Kier alpha value is -2.73. The van der Waals surface area contributed by atoms with Gasteiger partial charge in [-0.15, -0.1) is 0 Å². The van der Waals surface area contributed by atoms with E-state index in [0.29, 0.717) is 28.8 Å². The molecule has 1 heterocycles. The maximum absolute atomic E-state index is 12.5. The summed E-state index contributed by atoms with van der Waals surface area (Å²) >= 11 is 11.9. The van der Waals surface area contributed by atoms with Crippen molar-refractivity contribution in [3.8, 4) is 0 Å². The topological polar surface area (TPSA) is 93.5 Å². The van der Waals surface area contributed by atoms with E-state index in [0.717, 1.165) is 24.1 Å². The van der Waals surface area contributed by atoms with E-state index in [1.165, 1.54) is 0 Å². The van der Waals surface area contributed by atoms with Gasteiger partial charge in [-0.1, -0.05) is 47.4 Å². The number of hydrogen-bond acceptors (Lipinski definition) is 4. The van der Waals surface area contributed by atoms with Gasteiger partial charge in [0.1, 0.15) is 6.54 Å². The maximum atomic E-state index is 12.5. The van der Waals surface area contributed by atoms with Crippen molar-refractivity contribution < 1.29 is 4.79 Å². The predicted molar refractivity (Wildman–Crippen MR) is 121 cm³/mol. The molecule has 7 nitrogen and oxygen atoms in total. The van der Waals surface area contributed by atoms with Gasteiger partial charge in [0, 0.05) is 39.1 Å². The number of nitrogens with one attached hydrogen (secondary N) is 1. The second kappa shape index (κ2) is 9.85. The minimum Gasteiger partial charge on any atom is -0.324 e. The van der Waals surface area contributed by atoms with Crippen molar-refractivity contribution in [1.82, 2.24) is 5.01 Å². The SMILES string of the molecule is CC1(CCCN=[N+]=[N-])CN(CC(=O)Nc2ccc(Cl)cc2)N=C1c1ccc(Cl)cc1. The van der Waals surface area contributed by atoms with Crippen LogP contribution in [-0.4, -0.2) is 36.3 Å². The van der Waals surface area contributed by atoms with E-state index in [2.05, 4.69) is 22.3 Å². The van der Waals surface area contributed by atoms with Crippen LogP contribution in [0.1, 0.15) is 25.3 Å². The monoisotopic (exact) mass is 444 g/mol. The molecule has 3 rings (SSSR count). The number of carbonyl (C=O) groups is 1. The molecule has 1 amide bonds. The highest BCUT2D eigenvalue weighted by Crippen LogP contribution is 2.35. The molecular formula is C21H22Cl2N6O. The molecule has 0 spiro atoms. The standard InChI is InChI=1S/C21H22Cl2N6O/c1-21(11-2-12-25-28-24)14-29(27-20(21)15-3-5-16(22)6-4-15)13-19(30)26-18-9-7-17(23)8-10-18/h3-10H,2,11-14H2,1H3,(H,26,30). The van der Waals surface area contributed by atoms with E-state index in [1.54, 1.807) is 29.3 Å². The molecule has 30 heavy (non-hydrogen) atoms. The van der Waals surface area contributed by atoms with Crippen LogP contribution in [0, 0.1) is 5.41 Å². The summed E-state index contributed by atoms with van der Waals surface area (Å²) in [6.07, 6.45) is 1.51. The van der Waals surface area contributed by atoms with Crippen molar-refractivity contribution in [2.75, 3.05) is 25.0 Å². The van der Waals surface area contributed by atoms with Crippen LogP contribution in [0.15, 0.2) is 58.7 Å². The van der Waals surface area contributed by atoms with Crippen molar-refractivity contribution in [1.29, 1.82) is 0 Å². The number of benzene rings is 2. The molecular weight excluding hydrogens is 423 g/mol. The highest BCUT2D eigenvalue weighted by atomic mass is 35.5. The molecule has 156 valence electrons. The molecule has 0 radical (unpaired) electrons. The fraction of sp³-hybridized carbons (Fsp3) is 0.333. The summed E-state index contributed by atoms with van der Waals surface area (Å²) in [5, 5.41) is 14.3. The minimum absolute atomic E-state index is 0.131. The molecule has 0 saturated heterocycles. The molecule has 1 aliphatic heterocycles. The minimum atomic E-state index is -0.278. The highest BCUT2D eigenvalue weighted by molar-refractivity contribution is 6.31. The van der Waals surface area contributed by atoms with Gasteiger partial charge < -0.3 is 5.32 Å². The summed E-state index contributed by atoms with van der Waals surface area (Å²) in [6.45, 7) is 3.27. The number of rotatable bonds is 8. The number of nitrogens with zero attached hydrogens (tertiary/aromatic N) is 5. The lowest BCUT2D eigenvalue weighted by molar-refractivity contribution is -0.117. The van der Waals surface area contributed by atoms with Gasteiger partial charge in [0.15, 0.2) is 0 Å². The van der Waals surface area contributed by atoms with Crippen molar-refractivity contribution in [2.45, 2.75) is 19.8 Å². The Morgan fingerprint density at radius 3 is 2.47 bits per heavy atom. The molecule has 2 aromatic carbocycles. The molecule has 1 aliphatic rings. The Bertz CT molecular complexity index is 970. The zero-order valence-corrected chi connectivity index (χ0v) is 18.1. The van der Waals surface area contributed by atoms with E-state index in [4.69, 9.17) is 33.8 Å². The third kappa shape index (κ3) is 5.66. The molecule has 0 saturated carbocycles. The molecule has 0 bridgehead atoms. The number of carbonyl (C=O) groups excluding carboxylic acids is 1. The first-order chi connectivity index (χ1) is 14.4. The second-order valence-electron chi connectivity index (χ2n) is 7.45. The Balaban J connectivity index is 1.74. The van der Waals surface area contributed by atoms with Gasteiger partial charge in [0.05, 0.1) is 5.71 Å². The number of halogens is 2. The largest absolute Gasteiger partial charge is 0.324 e. The van der Waals surface area contributed by atoms with Gasteiger partial charge >= 0.3 is 0 Å². The lowest BCUT2D eigenvalue weighted by atomic mass is 9.78. The predicted octanol–water partition coefficient (Wildman–Crippen LogP) is 5.75. The zero-order chi connectivity index (χ0) is 21.6. The van der Waals surface area contributed by atoms with Crippen LogP contribution >= 0.6 is 23.2 Å². The fourth-order valence-corrected chi connectivity index (χ4v) is 3.81. The Morgan fingerprint density at radius 1 is 1.20 bits per heavy atom. The maximum Gasteiger partial charge on any atom is 0.245 e. The third-order valence-electron chi connectivity index (χ3n) is 4.97. The summed E-state index contributed by atoms with van der Waals surface area (Å²) in [6, 6.07) is 14.5. The zero-order valence-electron chi connectivity index (χ0n) is 16.6. The first-order valence-corrected chi connectivity index (χ1v) is 10.3. The number of anilines is 1. The van der Waals surface area contributed by atoms with Crippen LogP contribution in [0.5, 0.6) is 0 Å². The molecule has 0 aliphatic carbocycles. The molecule has 9 heteroatoms. The molecule has 1 unspecified atom stereocenters. The van der Waals surface area contributed by atoms with Crippen LogP contribution in [0.25, 0.3) is 10.4 Å². The Kier molecular flexibility index (Phi) is 7.21. The summed E-state index contributed by atoms with van der Waals surface area (Å²) in [5.74, 6) is -0.158. The van der Waals surface area contributed by atoms with Gasteiger partial charge in [0.25, 0.3) is 0 Å². The number of hydrazone groups is 1. The smallest absolute Gasteiger partial charge is 0.245 e. The van der Waals surface area contributed by atoms with E-state index >= 15 is 0 Å². The molecule has 2 aromatic rings. The summed E-state index contributed by atoms with van der Waals surface area (Å²) < 4.78 is 0. The quantitative estimate of drug-likeness (QED) is 0.243. The van der Waals surface area contributed by atoms with Gasteiger partial charge in [-0.3, -0.25) is 9.80 Å². The third-order valence-corrected chi connectivity index (χ3v) is 5.47. The fourth-order valence-electron chi connectivity index (χ4n) is 3.56. The van der Waals surface area contributed by atoms with E-state index in [1.807, 2.05) is 24.3 Å². The lowest BCUT2D eigenvalue weighted by Gasteiger charge is -2.26. The number of azide groups is 1. The van der Waals surface area contributed by atoms with Crippen LogP contribution in [0.3, 0.4) is 0 Å². The highest BCUT2D eigenvalue weighted by Gasteiger charge is 2.39. The average Bonchev–Trinajstić information content (AvgIpc) is 3.04. The van der Waals surface area contributed by atoms with Crippen LogP contribution in [-0.2, 0) is 4.79 Å². The summed E-state index contributed by atoms with van der Waals surface area (Å²) in [7, 11) is 0. The summed E-state index contributed by atoms with van der Waals surface area (Å²) in [5.41, 5.74) is 10.8. The normalized spacial score (nSPS) is 18.0. The molecule has 0 aromatic heterocycles. The van der Waals surface area contributed by atoms with E-state index in [-0.39, 0.29) is 17.9 Å². The number of hydrogen-bond donors (Lipinski definition) is 1. The van der Waals surface area contributed by atoms with E-state index < -0.39 is 0 Å². The average molecular weight is 445 g/mol. The van der Waals surface area contributed by atoms with Gasteiger partial charge in [-0.05, 0) is 60.3 Å². The first-order valence-electron chi connectivity index (χ1n) is 9.56. The molecule has 0 fully saturated rings. The Morgan fingerprint density at radius 2 is 1.83 bits per heavy atom. The van der Waals surface area contributed by atoms with Crippen LogP contribution in [0.2, 0.25) is 10.0 Å². The van der Waals surface area contributed by atoms with Crippen molar-refractivity contribution in [2.24, 2.45) is 15.6 Å².